The van der Waals surface area contributed by atoms with Gasteiger partial charge >= 0.3 is 0 Å². The number of anilines is 3. The lowest BCUT2D eigenvalue weighted by atomic mass is 10.2. The highest BCUT2D eigenvalue weighted by Gasteiger charge is 2.12. The van der Waals surface area contributed by atoms with Crippen molar-refractivity contribution in [1.29, 1.82) is 0 Å². The minimum absolute atomic E-state index is 0.0156. The molecule has 0 unspecified atom stereocenters. The largest absolute Gasteiger partial charge is 0.497 e. The van der Waals surface area contributed by atoms with Gasteiger partial charge in [0.15, 0.2) is 12.4 Å². The highest BCUT2D eigenvalue weighted by molar-refractivity contribution is 5.82. The Bertz CT molecular complexity index is 1200. The molecule has 0 aliphatic carbocycles. The van der Waals surface area contributed by atoms with E-state index < -0.39 is 13.0 Å². The molecular formula is C22H22F2N6O2. The van der Waals surface area contributed by atoms with Gasteiger partial charge in [-0.05, 0) is 42.5 Å². The molecule has 4 rings (SSSR count). The normalized spacial score (nSPS) is 11.0. The topological polar surface area (TPSA) is 86.1 Å². The maximum absolute atomic E-state index is 12.5. The Morgan fingerprint density at radius 2 is 1.88 bits per heavy atom. The summed E-state index contributed by atoms with van der Waals surface area (Å²) in [7, 11) is 3.46. The van der Waals surface area contributed by atoms with Gasteiger partial charge < -0.3 is 20.1 Å². The van der Waals surface area contributed by atoms with Crippen LogP contribution in [0.25, 0.3) is 10.9 Å². The van der Waals surface area contributed by atoms with Crippen LogP contribution in [0.3, 0.4) is 0 Å². The molecule has 2 aromatic carbocycles. The third kappa shape index (κ3) is 5.20. The predicted octanol–water partition coefficient (Wildman–Crippen LogP) is 4.37. The van der Waals surface area contributed by atoms with E-state index in [0.29, 0.717) is 23.8 Å². The van der Waals surface area contributed by atoms with E-state index in [1.807, 2.05) is 43.6 Å². The van der Waals surface area contributed by atoms with Gasteiger partial charge in [-0.2, -0.15) is 10.1 Å². The minimum Gasteiger partial charge on any atom is -0.497 e. The second kappa shape index (κ2) is 9.46. The Labute approximate surface area is 183 Å². The van der Waals surface area contributed by atoms with Crippen LogP contribution in [0.5, 0.6) is 11.6 Å². The first kappa shape index (κ1) is 21.3. The second-order valence-electron chi connectivity index (χ2n) is 6.99. The number of hydrogen-bond acceptors (Lipinski definition) is 7. The fourth-order valence-corrected chi connectivity index (χ4v) is 3.10. The van der Waals surface area contributed by atoms with E-state index in [1.165, 1.54) is 6.20 Å². The number of fused-ring (bicyclic) bond motifs is 1. The van der Waals surface area contributed by atoms with Crippen LogP contribution in [0.15, 0.2) is 54.9 Å². The first-order valence-electron chi connectivity index (χ1n) is 9.85. The first-order valence-corrected chi connectivity index (χ1v) is 9.85. The molecule has 2 N–H and O–H groups in total. The highest BCUT2D eigenvalue weighted by Crippen LogP contribution is 2.24. The van der Waals surface area contributed by atoms with Crippen LogP contribution in [0, 0.1) is 0 Å². The number of hydrogen-bond donors (Lipinski definition) is 2. The number of ether oxygens (including phenoxy) is 2. The average Bonchev–Trinajstić information content (AvgIpc) is 3.16. The molecule has 4 aromatic rings. The molecule has 0 atom stereocenters. The van der Waals surface area contributed by atoms with Crippen LogP contribution in [-0.2, 0) is 13.6 Å². The van der Waals surface area contributed by atoms with Crippen LogP contribution in [0.1, 0.15) is 5.69 Å². The molecule has 0 saturated carbocycles. The number of nitrogens with zero attached hydrogens (tertiary/aromatic N) is 4. The summed E-state index contributed by atoms with van der Waals surface area (Å²) in [6.45, 7) is -0.397. The Morgan fingerprint density at radius 3 is 2.62 bits per heavy atom. The zero-order valence-corrected chi connectivity index (χ0v) is 17.5. The zero-order valence-electron chi connectivity index (χ0n) is 17.5. The number of aromatic nitrogens is 4. The van der Waals surface area contributed by atoms with Crippen molar-refractivity contribution >= 4 is 28.1 Å². The third-order valence-electron chi connectivity index (χ3n) is 4.62. The summed E-state index contributed by atoms with van der Waals surface area (Å²) in [5.41, 5.74) is 3.13. The van der Waals surface area contributed by atoms with Crippen molar-refractivity contribution in [3.8, 4) is 11.6 Å². The molecule has 0 bridgehead atoms. The summed E-state index contributed by atoms with van der Waals surface area (Å²) in [5, 5.41) is 11.9. The quantitative estimate of drug-likeness (QED) is 0.400. The lowest BCUT2D eigenvalue weighted by molar-refractivity contribution is 0.0794. The van der Waals surface area contributed by atoms with Gasteiger partial charge in [-0.3, -0.25) is 4.68 Å². The molecule has 0 aliphatic heterocycles. The third-order valence-corrected chi connectivity index (χ3v) is 4.62. The average molecular weight is 440 g/mol. The van der Waals surface area contributed by atoms with Crippen molar-refractivity contribution in [3.05, 3.63) is 60.6 Å². The Kier molecular flexibility index (Phi) is 6.29. The number of rotatable bonds is 9. The molecule has 2 aromatic heterocycles. The standard InChI is InChI=1S/C22H22F2N6O2/c1-30-12-14-9-16(5-8-18(14)29-30)25-10-19-22(27-15-3-6-17(31-2)7-4-15)28-21(11-26-19)32-13-20(23)24/h3-9,11-12,20,25H,10,13H2,1-2H3,(H,27,28). The predicted molar refractivity (Wildman–Crippen MR) is 118 cm³/mol. The minimum atomic E-state index is -2.60. The SMILES string of the molecule is COc1ccc(Nc2nc(OCC(F)F)cnc2CNc2ccc3nn(C)cc3c2)cc1. The molecule has 0 amide bonds. The molecule has 8 nitrogen and oxygen atoms in total. The summed E-state index contributed by atoms with van der Waals surface area (Å²) in [4.78, 5) is 8.70. The maximum Gasteiger partial charge on any atom is 0.272 e. The van der Waals surface area contributed by atoms with Gasteiger partial charge in [0.1, 0.15) is 11.4 Å². The number of alkyl halides is 2. The van der Waals surface area contributed by atoms with Gasteiger partial charge in [0, 0.05) is 30.0 Å². The van der Waals surface area contributed by atoms with Crippen molar-refractivity contribution in [2.45, 2.75) is 13.0 Å². The van der Waals surface area contributed by atoms with Crippen molar-refractivity contribution in [2.24, 2.45) is 7.05 Å². The monoisotopic (exact) mass is 440 g/mol. The molecular weight excluding hydrogens is 418 g/mol. The molecule has 0 aliphatic rings. The van der Waals surface area contributed by atoms with Crippen LogP contribution in [-0.4, -0.2) is 39.9 Å². The van der Waals surface area contributed by atoms with E-state index in [4.69, 9.17) is 9.47 Å². The molecule has 10 heteroatoms. The number of aryl methyl sites for hydroxylation is 1. The first-order chi connectivity index (χ1) is 15.5. The van der Waals surface area contributed by atoms with E-state index in [1.54, 1.807) is 23.9 Å². The zero-order chi connectivity index (χ0) is 22.5. The lowest BCUT2D eigenvalue weighted by Crippen LogP contribution is -2.11. The molecule has 0 saturated heterocycles. The number of halogens is 2. The van der Waals surface area contributed by atoms with Gasteiger partial charge in [0.2, 0.25) is 5.88 Å². The number of benzene rings is 2. The number of methoxy groups -OCH3 is 1. The summed E-state index contributed by atoms with van der Waals surface area (Å²) in [6, 6.07) is 13.1. The van der Waals surface area contributed by atoms with E-state index in [0.717, 1.165) is 22.3 Å². The van der Waals surface area contributed by atoms with Crippen molar-refractivity contribution in [1.82, 2.24) is 19.7 Å². The fourth-order valence-electron chi connectivity index (χ4n) is 3.10. The van der Waals surface area contributed by atoms with E-state index in [2.05, 4.69) is 25.7 Å². The molecule has 166 valence electrons. The maximum atomic E-state index is 12.5. The van der Waals surface area contributed by atoms with Crippen LogP contribution < -0.4 is 20.1 Å². The summed E-state index contributed by atoms with van der Waals surface area (Å²) in [6.07, 6.45) is 0.674. The van der Waals surface area contributed by atoms with Crippen molar-refractivity contribution < 1.29 is 18.3 Å². The highest BCUT2D eigenvalue weighted by atomic mass is 19.3. The van der Waals surface area contributed by atoms with E-state index in [-0.39, 0.29) is 5.88 Å². The fraction of sp³-hybridized carbons (Fsp3) is 0.227. The van der Waals surface area contributed by atoms with Gasteiger partial charge in [-0.1, -0.05) is 0 Å². The van der Waals surface area contributed by atoms with Crippen molar-refractivity contribution in [2.75, 3.05) is 24.4 Å². The number of nitrogens with one attached hydrogen (secondary N) is 2. The molecule has 0 fully saturated rings. The second-order valence-corrected chi connectivity index (χ2v) is 6.99. The summed E-state index contributed by atoms with van der Waals surface area (Å²) >= 11 is 0. The molecule has 0 radical (unpaired) electrons. The Balaban J connectivity index is 1.55. The van der Waals surface area contributed by atoms with Gasteiger partial charge in [-0.15, -0.1) is 0 Å². The molecule has 2 heterocycles. The van der Waals surface area contributed by atoms with E-state index >= 15 is 0 Å². The van der Waals surface area contributed by atoms with Gasteiger partial charge in [-0.25, -0.2) is 13.8 Å². The van der Waals surface area contributed by atoms with Crippen LogP contribution in [0.2, 0.25) is 0 Å². The molecule has 0 spiro atoms. The molecule has 32 heavy (non-hydrogen) atoms. The van der Waals surface area contributed by atoms with Crippen LogP contribution >= 0.6 is 0 Å². The van der Waals surface area contributed by atoms with Crippen molar-refractivity contribution in [3.63, 3.8) is 0 Å². The van der Waals surface area contributed by atoms with E-state index in [9.17, 15) is 8.78 Å². The summed E-state index contributed by atoms with van der Waals surface area (Å²) in [5.74, 6) is 1.13. The lowest BCUT2D eigenvalue weighted by Gasteiger charge is -2.14. The van der Waals surface area contributed by atoms with Gasteiger partial charge in [0.05, 0.1) is 25.4 Å². The van der Waals surface area contributed by atoms with Crippen LogP contribution in [0.4, 0.5) is 26.0 Å². The van der Waals surface area contributed by atoms with Gasteiger partial charge in [0.25, 0.3) is 6.43 Å². The Hall–Kier alpha value is -3.95. The summed E-state index contributed by atoms with van der Waals surface area (Å²) < 4.78 is 37.0. The Morgan fingerprint density at radius 1 is 1.09 bits per heavy atom. The smallest absolute Gasteiger partial charge is 0.272 e.